The molecule has 0 fully saturated rings. The summed E-state index contributed by atoms with van der Waals surface area (Å²) in [5.41, 5.74) is 1.83. The molecule has 3 aromatic rings. The number of nitrogens with one attached hydrogen (secondary N) is 1. The molecule has 0 radical (unpaired) electrons. The van der Waals surface area contributed by atoms with E-state index in [0.29, 0.717) is 17.6 Å². The number of aryl methyl sites for hydroxylation is 2. The Kier molecular flexibility index (Phi) is 2.82. The molecule has 5 nitrogen and oxygen atoms in total. The second-order valence-electron chi connectivity index (χ2n) is 4.95. The number of nitrogens with zero attached hydrogens (tertiary/aromatic N) is 2. The standard InChI is InChI=1S/C15H15N3O2/c1-10-8-17(2)14-12(10)13(19)16-15(20)18(14)9-11-6-4-3-5-7-11/h3-8H,9H2,1-2H3,(H,16,19,20). The SMILES string of the molecule is Cc1cn(C)c2c1c(=O)[nH]c(=O)n2Cc1ccccc1. The van der Waals surface area contributed by atoms with Gasteiger partial charge in [0.2, 0.25) is 0 Å². The van der Waals surface area contributed by atoms with E-state index in [9.17, 15) is 9.59 Å². The molecule has 2 heterocycles. The molecule has 3 rings (SSSR count). The number of fused-ring (bicyclic) bond motifs is 1. The summed E-state index contributed by atoms with van der Waals surface area (Å²) in [6, 6.07) is 9.71. The van der Waals surface area contributed by atoms with Gasteiger partial charge in [-0.15, -0.1) is 0 Å². The lowest BCUT2D eigenvalue weighted by Gasteiger charge is -2.09. The van der Waals surface area contributed by atoms with Gasteiger partial charge in [0.1, 0.15) is 5.65 Å². The van der Waals surface area contributed by atoms with E-state index in [0.717, 1.165) is 11.1 Å². The lowest BCUT2D eigenvalue weighted by Crippen LogP contribution is -2.31. The number of aromatic nitrogens is 3. The lowest BCUT2D eigenvalue weighted by molar-refractivity contribution is 0.726. The van der Waals surface area contributed by atoms with Gasteiger partial charge in [0.15, 0.2) is 0 Å². The summed E-state index contributed by atoms with van der Waals surface area (Å²) < 4.78 is 3.42. The molecule has 0 amide bonds. The molecule has 0 atom stereocenters. The molecular weight excluding hydrogens is 254 g/mol. The summed E-state index contributed by atoms with van der Waals surface area (Å²) in [5, 5.41) is 0.572. The smallest absolute Gasteiger partial charge is 0.330 e. The quantitative estimate of drug-likeness (QED) is 0.764. The first-order chi connectivity index (χ1) is 9.58. The zero-order valence-electron chi connectivity index (χ0n) is 11.4. The molecular formula is C15H15N3O2. The van der Waals surface area contributed by atoms with Crippen molar-refractivity contribution < 1.29 is 0 Å². The second-order valence-corrected chi connectivity index (χ2v) is 4.95. The van der Waals surface area contributed by atoms with Crippen LogP contribution in [-0.2, 0) is 13.6 Å². The van der Waals surface area contributed by atoms with Gasteiger partial charge in [0.05, 0.1) is 11.9 Å². The summed E-state index contributed by atoms with van der Waals surface area (Å²) in [7, 11) is 1.84. The minimum absolute atomic E-state index is 0.326. The van der Waals surface area contributed by atoms with E-state index in [1.54, 1.807) is 4.57 Å². The maximum Gasteiger partial charge on any atom is 0.330 e. The maximum absolute atomic E-state index is 12.1. The van der Waals surface area contributed by atoms with Crippen LogP contribution in [0.25, 0.3) is 11.0 Å². The van der Waals surface area contributed by atoms with E-state index in [2.05, 4.69) is 4.98 Å². The third kappa shape index (κ3) is 1.87. The highest BCUT2D eigenvalue weighted by atomic mass is 16.2. The van der Waals surface area contributed by atoms with Crippen molar-refractivity contribution in [1.82, 2.24) is 14.1 Å². The fraction of sp³-hybridized carbons (Fsp3) is 0.200. The van der Waals surface area contributed by atoms with Gasteiger partial charge in [-0.05, 0) is 18.1 Å². The number of rotatable bonds is 2. The Balaban J connectivity index is 2.30. The number of aromatic amines is 1. The summed E-state index contributed by atoms with van der Waals surface area (Å²) in [4.78, 5) is 26.5. The maximum atomic E-state index is 12.1. The Morgan fingerprint density at radius 2 is 1.85 bits per heavy atom. The fourth-order valence-electron chi connectivity index (χ4n) is 2.61. The molecule has 20 heavy (non-hydrogen) atoms. The number of benzene rings is 1. The molecule has 2 aromatic heterocycles. The van der Waals surface area contributed by atoms with Crippen molar-refractivity contribution in [3.8, 4) is 0 Å². The molecule has 102 valence electrons. The Morgan fingerprint density at radius 1 is 1.15 bits per heavy atom. The van der Waals surface area contributed by atoms with E-state index in [1.807, 2.05) is 55.1 Å². The molecule has 5 heteroatoms. The number of hydrogen-bond donors (Lipinski definition) is 1. The predicted molar refractivity (Wildman–Crippen MR) is 78.1 cm³/mol. The molecule has 0 spiro atoms. The fourth-order valence-corrected chi connectivity index (χ4v) is 2.61. The molecule has 1 aromatic carbocycles. The molecule has 0 aliphatic rings. The van der Waals surface area contributed by atoms with E-state index in [4.69, 9.17) is 0 Å². The highest BCUT2D eigenvalue weighted by molar-refractivity contribution is 5.79. The predicted octanol–water partition coefficient (Wildman–Crippen LogP) is 1.39. The molecule has 1 N–H and O–H groups in total. The van der Waals surface area contributed by atoms with Crippen LogP contribution in [0.2, 0.25) is 0 Å². The van der Waals surface area contributed by atoms with E-state index in [-0.39, 0.29) is 11.2 Å². The highest BCUT2D eigenvalue weighted by Gasteiger charge is 2.13. The van der Waals surface area contributed by atoms with Crippen molar-refractivity contribution in [1.29, 1.82) is 0 Å². The third-order valence-corrected chi connectivity index (χ3v) is 3.47. The van der Waals surface area contributed by atoms with Crippen molar-refractivity contribution in [2.75, 3.05) is 0 Å². The van der Waals surface area contributed by atoms with Crippen molar-refractivity contribution in [3.63, 3.8) is 0 Å². The first-order valence-corrected chi connectivity index (χ1v) is 6.40. The van der Waals surface area contributed by atoms with Gasteiger partial charge < -0.3 is 4.57 Å². The van der Waals surface area contributed by atoms with Gasteiger partial charge in [-0.25, -0.2) is 4.79 Å². The number of hydrogen-bond acceptors (Lipinski definition) is 2. The van der Waals surface area contributed by atoms with Crippen LogP contribution in [0.5, 0.6) is 0 Å². The van der Waals surface area contributed by atoms with Crippen LogP contribution in [0, 0.1) is 6.92 Å². The van der Waals surface area contributed by atoms with Crippen molar-refractivity contribution in [3.05, 3.63) is 68.5 Å². The summed E-state index contributed by atoms with van der Waals surface area (Å²) in [5.74, 6) is 0. The highest BCUT2D eigenvalue weighted by Crippen LogP contribution is 2.15. The average molecular weight is 269 g/mol. The van der Waals surface area contributed by atoms with Crippen LogP contribution in [0.1, 0.15) is 11.1 Å². The van der Waals surface area contributed by atoms with Crippen molar-refractivity contribution in [2.24, 2.45) is 7.05 Å². The normalized spacial score (nSPS) is 11.1. The van der Waals surface area contributed by atoms with Gasteiger partial charge in [0.25, 0.3) is 5.56 Å². The first kappa shape index (κ1) is 12.5. The topological polar surface area (TPSA) is 59.8 Å². The van der Waals surface area contributed by atoms with E-state index < -0.39 is 0 Å². The largest absolute Gasteiger partial charge is 0.336 e. The van der Waals surface area contributed by atoms with E-state index in [1.165, 1.54) is 0 Å². The number of H-pyrrole nitrogens is 1. The zero-order valence-corrected chi connectivity index (χ0v) is 11.4. The molecule has 0 saturated heterocycles. The Hall–Kier alpha value is -2.56. The molecule has 0 aliphatic heterocycles. The van der Waals surface area contributed by atoms with Crippen LogP contribution in [0.4, 0.5) is 0 Å². The van der Waals surface area contributed by atoms with Gasteiger partial charge in [-0.3, -0.25) is 14.3 Å². The third-order valence-electron chi connectivity index (χ3n) is 3.47. The van der Waals surface area contributed by atoms with Gasteiger partial charge in [-0.2, -0.15) is 0 Å². The van der Waals surface area contributed by atoms with Crippen LogP contribution in [-0.4, -0.2) is 14.1 Å². The minimum Gasteiger partial charge on any atom is -0.336 e. The Bertz CT molecular complexity index is 885. The Morgan fingerprint density at radius 3 is 2.55 bits per heavy atom. The molecule has 0 saturated carbocycles. The first-order valence-electron chi connectivity index (χ1n) is 6.40. The molecule has 0 aliphatic carbocycles. The van der Waals surface area contributed by atoms with Gasteiger partial charge in [0, 0.05) is 13.2 Å². The zero-order chi connectivity index (χ0) is 14.3. The Labute approximate surface area is 115 Å². The van der Waals surface area contributed by atoms with Gasteiger partial charge >= 0.3 is 5.69 Å². The van der Waals surface area contributed by atoms with Crippen molar-refractivity contribution >= 4 is 11.0 Å². The average Bonchev–Trinajstić information content (AvgIpc) is 2.71. The van der Waals surface area contributed by atoms with Crippen LogP contribution in [0.15, 0.2) is 46.1 Å². The monoisotopic (exact) mass is 269 g/mol. The summed E-state index contributed by atoms with van der Waals surface area (Å²) in [6.45, 7) is 2.30. The summed E-state index contributed by atoms with van der Waals surface area (Å²) in [6.07, 6.45) is 1.86. The van der Waals surface area contributed by atoms with Crippen LogP contribution in [0.3, 0.4) is 0 Å². The van der Waals surface area contributed by atoms with E-state index >= 15 is 0 Å². The van der Waals surface area contributed by atoms with Crippen LogP contribution < -0.4 is 11.2 Å². The van der Waals surface area contributed by atoms with Gasteiger partial charge in [-0.1, -0.05) is 30.3 Å². The lowest BCUT2D eigenvalue weighted by atomic mass is 10.2. The molecule has 0 unspecified atom stereocenters. The minimum atomic E-state index is -0.382. The second kappa shape index (κ2) is 4.52. The summed E-state index contributed by atoms with van der Waals surface area (Å²) >= 11 is 0. The molecule has 0 bridgehead atoms. The van der Waals surface area contributed by atoms with Crippen molar-refractivity contribution in [2.45, 2.75) is 13.5 Å². The van der Waals surface area contributed by atoms with Crippen LogP contribution >= 0.6 is 0 Å².